The maximum Gasteiger partial charge on any atom is 0.238 e. The van der Waals surface area contributed by atoms with Gasteiger partial charge in [0.15, 0.2) is 11.8 Å². The third kappa shape index (κ3) is 3.22. The van der Waals surface area contributed by atoms with Gasteiger partial charge in [-0.2, -0.15) is 9.97 Å². The zero-order valence-electron chi connectivity index (χ0n) is 17.1. The zero-order chi connectivity index (χ0) is 21.2. The summed E-state index contributed by atoms with van der Waals surface area (Å²) in [4.78, 5) is 12.3. The van der Waals surface area contributed by atoms with Crippen molar-refractivity contribution < 1.29 is 14.1 Å². The number of aromatic nitrogens is 2. The Kier molecular flexibility index (Phi) is 4.67. The Morgan fingerprint density at radius 3 is 2.58 bits per heavy atom. The summed E-state index contributed by atoms with van der Waals surface area (Å²) in [5, 5.41) is 14.1. The van der Waals surface area contributed by atoms with Gasteiger partial charge in [-0.1, -0.05) is 23.7 Å². The molecule has 5 aliphatic rings. The first-order valence-corrected chi connectivity index (χ1v) is 12.6. The molecule has 3 aliphatic heterocycles. The number of piperidine rings is 1. The van der Waals surface area contributed by atoms with Gasteiger partial charge in [-0.25, -0.2) is 0 Å². The number of ether oxygens (including phenoxy) is 1. The standard InChI is InChI=1S/C22H25ClN4O3S/c23-15-4-2-13(3-5-15)14-8-16-10-17(9-14)27(16)21-24-19(26-22(11-28)6-1-7-22)18-20(25-21)30-12-31(18)29/h2-5,14,16-17,28H,1,6-12H2,(H,24,25,26). The topological polar surface area (TPSA) is 87.6 Å². The largest absolute Gasteiger partial charge is 0.463 e. The van der Waals surface area contributed by atoms with E-state index in [0.717, 1.165) is 43.5 Å². The second-order valence-electron chi connectivity index (χ2n) is 9.20. The maximum atomic E-state index is 12.5. The number of hydrogen-bond acceptors (Lipinski definition) is 7. The fourth-order valence-electron chi connectivity index (χ4n) is 5.48. The van der Waals surface area contributed by atoms with Gasteiger partial charge in [-0.15, -0.1) is 0 Å². The summed E-state index contributed by atoms with van der Waals surface area (Å²) in [5.41, 5.74) is 0.959. The van der Waals surface area contributed by atoms with Crippen molar-refractivity contribution in [2.45, 2.75) is 67.0 Å². The van der Waals surface area contributed by atoms with Gasteiger partial charge in [-0.3, -0.25) is 4.21 Å². The van der Waals surface area contributed by atoms with E-state index in [-0.39, 0.29) is 18.1 Å². The predicted octanol–water partition coefficient (Wildman–Crippen LogP) is 3.44. The number of nitrogens with one attached hydrogen (secondary N) is 1. The van der Waals surface area contributed by atoms with Gasteiger partial charge in [0.05, 0.1) is 12.1 Å². The normalized spacial score (nSPS) is 30.1. The van der Waals surface area contributed by atoms with Crippen molar-refractivity contribution in [3.8, 4) is 5.88 Å². The lowest BCUT2D eigenvalue weighted by molar-refractivity contribution is 0.143. The van der Waals surface area contributed by atoms with Gasteiger partial charge < -0.3 is 20.1 Å². The van der Waals surface area contributed by atoms with Crippen LogP contribution in [0.2, 0.25) is 5.02 Å². The first-order chi connectivity index (χ1) is 15.0. The van der Waals surface area contributed by atoms with Crippen LogP contribution in [0.25, 0.3) is 0 Å². The summed E-state index contributed by atoms with van der Waals surface area (Å²) in [7, 11) is -1.29. The van der Waals surface area contributed by atoms with Crippen LogP contribution in [-0.4, -0.2) is 49.5 Å². The molecule has 1 aromatic carbocycles. The van der Waals surface area contributed by atoms with Crippen molar-refractivity contribution >= 4 is 34.2 Å². The Labute approximate surface area is 188 Å². The highest BCUT2D eigenvalue weighted by Crippen LogP contribution is 2.48. The fraction of sp³-hybridized carbons (Fsp3) is 0.545. The molecular formula is C22H25ClN4O3S. The van der Waals surface area contributed by atoms with Gasteiger partial charge in [-0.05, 0) is 62.1 Å². The van der Waals surface area contributed by atoms with Crippen LogP contribution < -0.4 is 15.0 Å². The highest BCUT2D eigenvalue weighted by atomic mass is 35.5. The Morgan fingerprint density at radius 1 is 1.19 bits per heavy atom. The molecule has 4 heterocycles. The third-order valence-corrected chi connectivity index (χ3v) is 8.77. The molecule has 0 spiro atoms. The fourth-order valence-corrected chi connectivity index (χ4v) is 6.55. The van der Waals surface area contributed by atoms with Crippen molar-refractivity contribution in [2.75, 3.05) is 22.8 Å². The van der Waals surface area contributed by atoms with Crippen molar-refractivity contribution in [2.24, 2.45) is 0 Å². The second kappa shape index (κ2) is 7.32. The number of anilines is 2. The number of aliphatic hydroxyl groups excluding tert-OH is 1. The Morgan fingerprint density at radius 2 is 1.94 bits per heavy atom. The molecule has 0 radical (unpaired) electrons. The highest BCUT2D eigenvalue weighted by molar-refractivity contribution is 7.85. The Bertz CT molecular complexity index is 1030. The Hall–Kier alpha value is -1.90. The van der Waals surface area contributed by atoms with Crippen LogP contribution in [0.15, 0.2) is 29.2 Å². The lowest BCUT2D eigenvalue weighted by atomic mass is 9.71. The SMILES string of the molecule is O=S1COc2nc(N3C4CC(c5ccc(Cl)cc5)CC3C4)nc(NC3(CO)CCC3)c21. The molecule has 164 valence electrons. The van der Waals surface area contributed by atoms with Crippen LogP contribution in [-0.2, 0) is 10.8 Å². The summed E-state index contributed by atoms with van der Waals surface area (Å²) in [5.74, 6) is 2.24. The van der Waals surface area contributed by atoms with E-state index >= 15 is 0 Å². The van der Waals surface area contributed by atoms with E-state index in [9.17, 15) is 9.32 Å². The molecule has 31 heavy (non-hydrogen) atoms. The summed E-state index contributed by atoms with van der Waals surface area (Å²) in [6, 6.07) is 8.95. The molecule has 2 aromatic rings. The summed E-state index contributed by atoms with van der Waals surface area (Å²) in [6.45, 7) is 0.0341. The molecule has 2 bridgehead atoms. The lowest BCUT2D eigenvalue weighted by Gasteiger charge is -2.55. The van der Waals surface area contributed by atoms with Crippen LogP contribution in [0.5, 0.6) is 5.88 Å². The number of nitrogens with zero attached hydrogens (tertiary/aromatic N) is 3. The second-order valence-corrected chi connectivity index (χ2v) is 11.0. The predicted molar refractivity (Wildman–Crippen MR) is 119 cm³/mol. The van der Waals surface area contributed by atoms with Crippen LogP contribution in [0.1, 0.15) is 50.0 Å². The molecule has 3 atom stereocenters. The number of aliphatic hydroxyl groups is 1. The van der Waals surface area contributed by atoms with E-state index in [1.807, 2.05) is 12.1 Å². The number of halogens is 1. The van der Waals surface area contributed by atoms with Crippen LogP contribution >= 0.6 is 11.6 Å². The van der Waals surface area contributed by atoms with E-state index in [0.29, 0.717) is 40.5 Å². The van der Waals surface area contributed by atoms with E-state index in [1.54, 1.807) is 0 Å². The van der Waals surface area contributed by atoms with Crippen molar-refractivity contribution in [1.82, 2.24) is 9.97 Å². The average molecular weight is 461 g/mol. The minimum Gasteiger partial charge on any atom is -0.463 e. The maximum absolute atomic E-state index is 12.5. The summed E-state index contributed by atoms with van der Waals surface area (Å²) < 4.78 is 18.2. The van der Waals surface area contributed by atoms with Crippen molar-refractivity contribution in [3.63, 3.8) is 0 Å². The molecule has 2 saturated carbocycles. The molecule has 4 fully saturated rings. The van der Waals surface area contributed by atoms with E-state index in [2.05, 4.69) is 27.3 Å². The van der Waals surface area contributed by atoms with Gasteiger partial charge in [0.2, 0.25) is 11.8 Å². The Balaban J connectivity index is 1.28. The molecule has 0 amide bonds. The zero-order valence-corrected chi connectivity index (χ0v) is 18.7. The molecule has 3 unspecified atom stereocenters. The monoisotopic (exact) mass is 460 g/mol. The molecule has 2 aliphatic carbocycles. The molecule has 2 saturated heterocycles. The molecular weight excluding hydrogens is 436 g/mol. The molecule has 7 nitrogen and oxygen atoms in total. The quantitative estimate of drug-likeness (QED) is 0.706. The van der Waals surface area contributed by atoms with Crippen LogP contribution in [0, 0.1) is 0 Å². The number of rotatable bonds is 5. The van der Waals surface area contributed by atoms with E-state index < -0.39 is 10.8 Å². The number of fused-ring (bicyclic) bond motifs is 3. The number of hydrogen-bond donors (Lipinski definition) is 2. The lowest BCUT2D eigenvalue weighted by Crippen LogP contribution is -2.61. The highest BCUT2D eigenvalue weighted by Gasteiger charge is 2.48. The summed E-state index contributed by atoms with van der Waals surface area (Å²) in [6.07, 6.45) is 6.06. The molecule has 1 aromatic heterocycles. The number of benzene rings is 1. The van der Waals surface area contributed by atoms with Crippen LogP contribution in [0.3, 0.4) is 0 Å². The van der Waals surface area contributed by atoms with Gasteiger partial charge in [0.25, 0.3) is 0 Å². The average Bonchev–Trinajstić information content (AvgIpc) is 3.12. The van der Waals surface area contributed by atoms with E-state index in [1.165, 1.54) is 5.56 Å². The smallest absolute Gasteiger partial charge is 0.238 e. The first-order valence-electron chi connectivity index (χ1n) is 10.9. The molecule has 7 rings (SSSR count). The van der Waals surface area contributed by atoms with Crippen LogP contribution in [0.4, 0.5) is 11.8 Å². The van der Waals surface area contributed by atoms with Crippen molar-refractivity contribution in [1.29, 1.82) is 0 Å². The van der Waals surface area contributed by atoms with Gasteiger partial charge in [0.1, 0.15) is 15.7 Å². The first kappa shape index (κ1) is 19.8. The minimum atomic E-state index is -1.29. The van der Waals surface area contributed by atoms with Crippen molar-refractivity contribution in [3.05, 3.63) is 34.9 Å². The molecule has 9 heteroatoms. The third-order valence-electron chi connectivity index (χ3n) is 7.37. The molecule has 2 N–H and O–H groups in total. The summed E-state index contributed by atoms with van der Waals surface area (Å²) >= 11 is 6.05. The van der Waals surface area contributed by atoms with Gasteiger partial charge in [0, 0.05) is 17.1 Å². The van der Waals surface area contributed by atoms with Gasteiger partial charge >= 0.3 is 0 Å². The van der Waals surface area contributed by atoms with E-state index in [4.69, 9.17) is 21.3 Å². The minimum absolute atomic E-state index is 0.0341.